The number of aromatic nitrogens is 1. The molecule has 0 bridgehead atoms. The molecule has 2 heterocycles. The number of methoxy groups -OCH3 is 2. The fourth-order valence-corrected chi connectivity index (χ4v) is 5.64. The summed E-state index contributed by atoms with van der Waals surface area (Å²) in [5.41, 5.74) is 1.95. The maximum absolute atomic E-state index is 13.3. The molecule has 1 saturated heterocycles. The Balaban J connectivity index is 1.55. The van der Waals surface area contributed by atoms with E-state index >= 15 is 0 Å². The fraction of sp³-hybridized carbons (Fsp3) is 0.417. The van der Waals surface area contributed by atoms with Crippen LogP contribution in [0.25, 0.3) is 10.2 Å². The van der Waals surface area contributed by atoms with E-state index in [-0.39, 0.29) is 12.0 Å². The molecule has 8 heteroatoms. The highest BCUT2D eigenvalue weighted by Gasteiger charge is 2.27. The number of thioether (sulfide) groups is 1. The van der Waals surface area contributed by atoms with Crippen molar-refractivity contribution in [2.24, 2.45) is 0 Å². The summed E-state index contributed by atoms with van der Waals surface area (Å²) >= 11 is 3.15. The number of anilines is 1. The molecule has 1 aromatic heterocycles. The Morgan fingerprint density at radius 3 is 2.62 bits per heavy atom. The molecule has 1 aliphatic rings. The van der Waals surface area contributed by atoms with Gasteiger partial charge in [-0.3, -0.25) is 9.69 Å². The highest BCUT2D eigenvalue weighted by Crippen LogP contribution is 2.40. The molecule has 4 rings (SSSR count). The standard InChI is InChI=1S/C24H28N2O4S2/c1-16-6-8-18(9-7-16)31-14-12-21(27)26(15-17-5-4-13-30-17)24-25-22-19(28-2)10-11-20(29-3)23(22)32-24/h6-11,17H,4-5,12-15H2,1-3H3. The van der Waals surface area contributed by atoms with Crippen molar-refractivity contribution in [3.8, 4) is 11.5 Å². The molecular formula is C24H28N2O4S2. The van der Waals surface area contributed by atoms with Crippen LogP contribution in [0.1, 0.15) is 24.8 Å². The second-order valence-electron chi connectivity index (χ2n) is 7.70. The van der Waals surface area contributed by atoms with E-state index in [9.17, 15) is 4.79 Å². The molecule has 1 amide bonds. The molecule has 170 valence electrons. The molecule has 1 fully saturated rings. The van der Waals surface area contributed by atoms with Crippen LogP contribution < -0.4 is 14.4 Å². The summed E-state index contributed by atoms with van der Waals surface area (Å²) in [6.45, 7) is 3.33. The Labute approximate surface area is 196 Å². The van der Waals surface area contributed by atoms with Crippen LogP contribution in [-0.4, -0.2) is 50.1 Å². The molecule has 2 aromatic carbocycles. The third kappa shape index (κ3) is 5.19. The summed E-state index contributed by atoms with van der Waals surface area (Å²) in [6, 6.07) is 12.1. The van der Waals surface area contributed by atoms with E-state index in [0.717, 1.165) is 29.9 Å². The zero-order valence-corrected chi connectivity index (χ0v) is 20.3. The number of carbonyl (C=O) groups excluding carboxylic acids is 1. The van der Waals surface area contributed by atoms with Gasteiger partial charge in [0.15, 0.2) is 5.13 Å². The Morgan fingerprint density at radius 1 is 1.19 bits per heavy atom. The van der Waals surface area contributed by atoms with E-state index in [0.29, 0.717) is 35.1 Å². The molecule has 1 aliphatic heterocycles. The van der Waals surface area contributed by atoms with E-state index in [1.54, 1.807) is 30.9 Å². The average molecular weight is 473 g/mol. The van der Waals surface area contributed by atoms with Gasteiger partial charge < -0.3 is 14.2 Å². The highest BCUT2D eigenvalue weighted by molar-refractivity contribution is 7.99. The maximum Gasteiger partial charge on any atom is 0.229 e. The first-order valence-corrected chi connectivity index (χ1v) is 12.5. The summed E-state index contributed by atoms with van der Waals surface area (Å²) in [5.74, 6) is 2.16. The van der Waals surface area contributed by atoms with Gasteiger partial charge in [-0.1, -0.05) is 29.0 Å². The van der Waals surface area contributed by atoms with Crippen LogP contribution in [0.2, 0.25) is 0 Å². The first kappa shape index (κ1) is 22.9. The van der Waals surface area contributed by atoms with Gasteiger partial charge in [-0.2, -0.15) is 0 Å². The van der Waals surface area contributed by atoms with Crippen LogP contribution in [0.4, 0.5) is 5.13 Å². The number of nitrogens with zero attached hydrogens (tertiary/aromatic N) is 2. The van der Waals surface area contributed by atoms with Gasteiger partial charge >= 0.3 is 0 Å². The minimum atomic E-state index is 0.0412. The molecule has 0 N–H and O–H groups in total. The van der Waals surface area contributed by atoms with Gasteiger partial charge in [0, 0.05) is 23.7 Å². The molecule has 1 unspecified atom stereocenters. The normalized spacial score (nSPS) is 15.8. The molecule has 1 atom stereocenters. The van der Waals surface area contributed by atoms with Crippen LogP contribution in [0, 0.1) is 6.92 Å². The van der Waals surface area contributed by atoms with Gasteiger partial charge in [0.05, 0.1) is 26.9 Å². The van der Waals surface area contributed by atoms with Crippen LogP contribution in [0.15, 0.2) is 41.3 Å². The number of carbonyl (C=O) groups is 1. The highest BCUT2D eigenvalue weighted by atomic mass is 32.2. The monoisotopic (exact) mass is 472 g/mol. The second-order valence-corrected chi connectivity index (χ2v) is 9.84. The Morgan fingerprint density at radius 2 is 1.94 bits per heavy atom. The number of ether oxygens (including phenoxy) is 3. The average Bonchev–Trinajstić information content (AvgIpc) is 3.48. The molecule has 32 heavy (non-hydrogen) atoms. The van der Waals surface area contributed by atoms with E-state index in [4.69, 9.17) is 19.2 Å². The van der Waals surface area contributed by atoms with E-state index < -0.39 is 0 Å². The van der Waals surface area contributed by atoms with Gasteiger partial charge in [-0.15, -0.1) is 11.8 Å². The van der Waals surface area contributed by atoms with Gasteiger partial charge in [-0.25, -0.2) is 4.98 Å². The van der Waals surface area contributed by atoms with Crippen molar-refractivity contribution >= 4 is 44.4 Å². The molecule has 0 saturated carbocycles. The van der Waals surface area contributed by atoms with Crippen molar-refractivity contribution in [3.63, 3.8) is 0 Å². The number of hydrogen-bond donors (Lipinski definition) is 0. The molecule has 3 aromatic rings. The topological polar surface area (TPSA) is 60.9 Å². The number of rotatable bonds is 9. The zero-order valence-electron chi connectivity index (χ0n) is 18.6. The van der Waals surface area contributed by atoms with Gasteiger partial charge in [0.2, 0.25) is 5.91 Å². The number of fused-ring (bicyclic) bond motifs is 1. The largest absolute Gasteiger partial charge is 0.495 e. The van der Waals surface area contributed by atoms with Crippen molar-refractivity contribution in [1.29, 1.82) is 0 Å². The van der Waals surface area contributed by atoms with Crippen molar-refractivity contribution in [2.45, 2.75) is 37.2 Å². The van der Waals surface area contributed by atoms with Crippen LogP contribution >= 0.6 is 23.1 Å². The quantitative estimate of drug-likeness (QED) is 0.393. The zero-order chi connectivity index (χ0) is 22.5. The Bertz CT molecular complexity index is 1020. The minimum Gasteiger partial charge on any atom is -0.495 e. The Hall–Kier alpha value is -2.29. The lowest BCUT2D eigenvalue weighted by atomic mass is 10.2. The first-order valence-electron chi connectivity index (χ1n) is 10.7. The van der Waals surface area contributed by atoms with Crippen LogP contribution in [0.3, 0.4) is 0 Å². The number of thiazole rings is 1. The molecule has 0 radical (unpaired) electrons. The minimum absolute atomic E-state index is 0.0412. The predicted octanol–water partition coefficient (Wildman–Crippen LogP) is 5.32. The third-order valence-electron chi connectivity index (χ3n) is 5.45. The predicted molar refractivity (Wildman–Crippen MR) is 131 cm³/mol. The van der Waals surface area contributed by atoms with Crippen LogP contribution in [-0.2, 0) is 9.53 Å². The summed E-state index contributed by atoms with van der Waals surface area (Å²) in [5, 5.41) is 0.656. The van der Waals surface area contributed by atoms with E-state index in [1.165, 1.54) is 21.8 Å². The van der Waals surface area contributed by atoms with Crippen molar-refractivity contribution < 1.29 is 19.0 Å². The fourth-order valence-electron chi connectivity index (χ4n) is 3.69. The lowest BCUT2D eigenvalue weighted by molar-refractivity contribution is -0.118. The van der Waals surface area contributed by atoms with Gasteiger partial charge in [-0.05, 0) is 44.0 Å². The molecule has 6 nitrogen and oxygen atoms in total. The smallest absolute Gasteiger partial charge is 0.229 e. The maximum atomic E-state index is 13.3. The van der Waals surface area contributed by atoms with E-state index in [1.807, 2.05) is 12.1 Å². The molecular weight excluding hydrogens is 444 g/mol. The number of hydrogen-bond acceptors (Lipinski definition) is 7. The van der Waals surface area contributed by atoms with Gasteiger partial charge in [0.1, 0.15) is 21.7 Å². The number of benzene rings is 2. The van der Waals surface area contributed by atoms with Gasteiger partial charge in [0.25, 0.3) is 0 Å². The summed E-state index contributed by atoms with van der Waals surface area (Å²) in [7, 11) is 3.26. The third-order valence-corrected chi connectivity index (χ3v) is 7.55. The molecule has 0 aliphatic carbocycles. The van der Waals surface area contributed by atoms with E-state index in [2.05, 4.69) is 31.2 Å². The van der Waals surface area contributed by atoms with Crippen molar-refractivity contribution in [2.75, 3.05) is 38.0 Å². The number of amides is 1. The van der Waals surface area contributed by atoms with Crippen LogP contribution in [0.5, 0.6) is 11.5 Å². The summed E-state index contributed by atoms with van der Waals surface area (Å²) in [4.78, 5) is 21.1. The van der Waals surface area contributed by atoms with Crippen molar-refractivity contribution in [3.05, 3.63) is 42.0 Å². The SMILES string of the molecule is COc1ccc(OC)c2sc(N(CC3CCCO3)C(=O)CCSc3ccc(C)cc3)nc12. The summed E-state index contributed by atoms with van der Waals surface area (Å²) < 4.78 is 17.7. The lowest BCUT2D eigenvalue weighted by Crippen LogP contribution is -2.37. The summed E-state index contributed by atoms with van der Waals surface area (Å²) in [6.07, 6.45) is 2.45. The number of aryl methyl sites for hydroxylation is 1. The first-order chi connectivity index (χ1) is 15.6. The molecule has 0 spiro atoms. The second kappa shape index (κ2) is 10.6. The lowest BCUT2D eigenvalue weighted by Gasteiger charge is -2.23. The Kier molecular flexibility index (Phi) is 7.55. The van der Waals surface area contributed by atoms with Crippen molar-refractivity contribution in [1.82, 2.24) is 4.98 Å².